The van der Waals surface area contributed by atoms with Gasteiger partial charge < -0.3 is 76.1 Å². The van der Waals surface area contributed by atoms with Gasteiger partial charge in [0.15, 0.2) is 35.1 Å². The number of nitrogens with two attached hydrogens (primary N) is 3. The summed E-state index contributed by atoms with van der Waals surface area (Å²) in [5, 5.41) is 45.2. The second-order valence-corrected chi connectivity index (χ2v) is 22.2. The van der Waals surface area contributed by atoms with Crippen LogP contribution in [0.4, 0.5) is 23.4 Å². The third-order valence-corrected chi connectivity index (χ3v) is 16.4. The van der Waals surface area contributed by atoms with Crippen LogP contribution in [0.25, 0.3) is 22.3 Å². The van der Waals surface area contributed by atoms with Crippen LogP contribution in [0.15, 0.2) is 34.8 Å². The van der Waals surface area contributed by atoms with Crippen LogP contribution in [-0.2, 0) is 63.9 Å². The van der Waals surface area contributed by atoms with Crippen molar-refractivity contribution < 1.29 is 108 Å². The van der Waals surface area contributed by atoms with Crippen molar-refractivity contribution in [1.29, 1.82) is 0 Å². The maximum atomic E-state index is 13.7. The van der Waals surface area contributed by atoms with Crippen LogP contribution in [-0.4, -0.2) is 195 Å². The molecule has 39 nitrogen and oxygen atoms in total. The SMILES string of the molecule is CO[C@@H]1[C@H](OP(=O)(O)OCC2O[C@@H](n3cnc4c(=O)[nH]c(N)nc43)[C@H](O)[C@@H]2O)C(COP(=O)(O)OP(=O)(O)OP(=O)(O)OCC2O[C@@H](NC=[N+](C)c3cnc(N)[nH]c3=O)[C@H](O)[C@@H]2O)O[C@H]1n1cnc2c(N)ncnc21. The van der Waals surface area contributed by atoms with Gasteiger partial charge >= 0.3 is 31.3 Å². The molecule has 5 aromatic heterocycles. The summed E-state index contributed by atoms with van der Waals surface area (Å²) in [5.74, 6) is -0.566. The number of hydrogen-bond acceptors (Lipinski definition) is 29. The standard InChI is InChI=1S/C32H45N15O24P4/c1-45(11-3-36-31(34)43-26(11)52)8-41-28-19(50)17(48)12(66-28)4-64-73(56,57)70-75(60,61)71-74(58,59)65-6-14-21(22(62-2)30(68-14)46-9-39-15-23(33)37-7-38-24(15)46)69-72(54,55)63-5-13-18(49)20(51)29(67-13)47-10-40-16-25(47)42-32(35)44-27(16)53/h3,7-10,12-14,17-22,28-30,48-51H,4-6H2,1-2H3,(H12,33,34,35,36,37,38,42,43,44,52,53,54,55,56,57,58,59,60,61)/p+1/t12?,13?,14?,17-,18-,19-,20-,21-,22-,28-,29-,30-/m1/s1. The number of rotatable bonds is 21. The van der Waals surface area contributed by atoms with Crippen molar-refractivity contribution in [1.82, 2.24) is 54.3 Å². The maximum Gasteiger partial charge on any atom is 0.490 e. The largest absolute Gasteiger partial charge is 0.490 e. The first kappa shape index (κ1) is 56.1. The average Bonchev–Trinajstić information content (AvgIpc) is 4.13. The van der Waals surface area contributed by atoms with E-state index in [2.05, 4.69) is 58.3 Å². The van der Waals surface area contributed by atoms with Gasteiger partial charge in [0.2, 0.25) is 30.2 Å². The number of anilines is 3. The highest BCUT2D eigenvalue weighted by atomic mass is 31.3. The summed E-state index contributed by atoms with van der Waals surface area (Å²) in [4.78, 5) is 94.8. The van der Waals surface area contributed by atoms with E-state index >= 15 is 0 Å². The number of nitrogens with zero attached hydrogens (tertiary/aromatic N) is 9. The number of nitrogen functional groups attached to an aromatic ring is 3. The van der Waals surface area contributed by atoms with E-state index in [1.165, 1.54) is 16.2 Å². The second-order valence-electron chi connectivity index (χ2n) is 16.1. The summed E-state index contributed by atoms with van der Waals surface area (Å²) in [6.45, 7) is -3.37. The van der Waals surface area contributed by atoms with Crippen LogP contribution in [0.2, 0.25) is 0 Å². The Kier molecular flexibility index (Phi) is 16.2. The van der Waals surface area contributed by atoms with Gasteiger partial charge in [0.1, 0.15) is 66.8 Å². The molecule has 0 amide bonds. The van der Waals surface area contributed by atoms with Gasteiger partial charge in [-0.25, -0.2) is 47.8 Å². The third kappa shape index (κ3) is 12.3. The van der Waals surface area contributed by atoms with Crippen LogP contribution in [0.1, 0.15) is 12.5 Å². The number of phosphoric ester groups is 3. The number of methoxy groups -OCH3 is 1. The van der Waals surface area contributed by atoms with E-state index in [4.69, 9.17) is 49.7 Å². The Labute approximate surface area is 416 Å². The topological polar surface area (TPSA) is 568 Å². The minimum Gasteiger partial charge on any atom is -0.387 e. The Hall–Kier alpha value is -5.15. The van der Waals surface area contributed by atoms with Gasteiger partial charge in [0, 0.05) is 7.11 Å². The smallest absolute Gasteiger partial charge is 0.387 e. The van der Waals surface area contributed by atoms with Crippen molar-refractivity contribution in [3.63, 3.8) is 0 Å². The lowest BCUT2D eigenvalue weighted by Gasteiger charge is -2.26. The summed E-state index contributed by atoms with van der Waals surface area (Å²) in [5.41, 5.74) is 15.3. The van der Waals surface area contributed by atoms with E-state index in [1.807, 2.05) is 0 Å². The normalized spacial score (nSPS) is 30.6. The van der Waals surface area contributed by atoms with Gasteiger partial charge in [-0.15, -0.1) is 0 Å². The van der Waals surface area contributed by atoms with Crippen molar-refractivity contribution >= 4 is 83.4 Å². The summed E-state index contributed by atoms with van der Waals surface area (Å²) < 4.78 is 107. The van der Waals surface area contributed by atoms with Gasteiger partial charge in [-0.2, -0.15) is 13.6 Å². The molecule has 75 heavy (non-hydrogen) atoms. The number of imidazole rings is 2. The molecule has 0 bridgehead atoms. The molecule has 0 spiro atoms. The molecule has 8 heterocycles. The number of phosphoric acid groups is 4. The van der Waals surface area contributed by atoms with Gasteiger partial charge in [-0.1, -0.05) is 0 Å². The molecular weight excluding hydrogens is 1100 g/mol. The zero-order valence-electron chi connectivity index (χ0n) is 38.1. The zero-order valence-corrected chi connectivity index (χ0v) is 41.7. The lowest BCUT2D eigenvalue weighted by Crippen LogP contribution is -2.41. The van der Waals surface area contributed by atoms with E-state index in [-0.39, 0.29) is 45.7 Å². The molecule has 7 unspecified atom stereocenters. The molecular formula is C32H46N15O24P4+. The van der Waals surface area contributed by atoms with Crippen LogP contribution in [0.3, 0.4) is 0 Å². The van der Waals surface area contributed by atoms with Gasteiger partial charge in [-0.3, -0.25) is 52.1 Å². The number of aliphatic hydroxyl groups excluding tert-OH is 4. The van der Waals surface area contributed by atoms with Crippen LogP contribution < -0.4 is 33.6 Å². The molecule has 8 rings (SSSR count). The second kappa shape index (κ2) is 21.7. The lowest BCUT2D eigenvalue weighted by molar-refractivity contribution is -0.404. The molecule has 5 aromatic rings. The molecule has 0 saturated carbocycles. The summed E-state index contributed by atoms with van der Waals surface area (Å²) in [7, 11) is -20.9. The molecule has 16 atom stereocenters. The number of ether oxygens (including phenoxy) is 4. The Balaban J connectivity index is 0.912. The van der Waals surface area contributed by atoms with Crippen LogP contribution in [0, 0.1) is 0 Å². The number of aromatic amines is 2. The van der Waals surface area contributed by atoms with Crippen LogP contribution >= 0.6 is 31.3 Å². The minimum absolute atomic E-state index is 0.00681. The molecule has 43 heteroatoms. The van der Waals surface area contributed by atoms with E-state index in [0.29, 0.717) is 0 Å². The molecule has 3 fully saturated rings. The maximum absolute atomic E-state index is 13.7. The highest BCUT2D eigenvalue weighted by Gasteiger charge is 2.53. The average molecular weight is 1150 g/mol. The van der Waals surface area contributed by atoms with Crippen molar-refractivity contribution in [2.24, 2.45) is 0 Å². The van der Waals surface area contributed by atoms with E-state index < -0.39 is 136 Å². The highest BCUT2D eigenvalue weighted by Crippen LogP contribution is 2.68. The Morgan fingerprint density at radius 3 is 1.92 bits per heavy atom. The predicted octanol–water partition coefficient (Wildman–Crippen LogP) is -4.77. The summed E-state index contributed by atoms with van der Waals surface area (Å²) in [6, 6.07) is 0. The van der Waals surface area contributed by atoms with Crippen molar-refractivity contribution in [3.8, 4) is 0 Å². The number of nitrogens with one attached hydrogen (secondary N) is 3. The first-order valence-corrected chi connectivity index (χ1v) is 27.0. The van der Waals surface area contributed by atoms with Crippen molar-refractivity contribution in [2.45, 2.75) is 73.6 Å². The number of H-pyrrole nitrogens is 2. The summed E-state index contributed by atoms with van der Waals surface area (Å²) >= 11 is 0. The van der Waals surface area contributed by atoms with E-state index in [0.717, 1.165) is 43.2 Å². The number of fused-ring (bicyclic) bond motifs is 2. The molecule has 412 valence electrons. The van der Waals surface area contributed by atoms with Gasteiger partial charge in [0.05, 0.1) is 45.7 Å². The fraction of sp³-hybridized carbons (Fsp3) is 0.531. The number of aliphatic hydroxyl groups is 4. The first-order chi connectivity index (χ1) is 35.2. The first-order valence-electron chi connectivity index (χ1n) is 21.1. The molecule has 3 aliphatic rings. The fourth-order valence-electron chi connectivity index (χ4n) is 7.67. The molecule has 3 aliphatic heterocycles. The Morgan fingerprint density at radius 2 is 1.27 bits per heavy atom. The van der Waals surface area contributed by atoms with Gasteiger partial charge in [-0.05, 0) is 0 Å². The quantitative estimate of drug-likeness (QED) is 0.0142. The monoisotopic (exact) mass is 1150 g/mol. The zero-order chi connectivity index (χ0) is 54.5. The molecule has 0 aliphatic carbocycles. The van der Waals surface area contributed by atoms with Crippen molar-refractivity contribution in [3.05, 3.63) is 45.9 Å². The van der Waals surface area contributed by atoms with E-state index in [9.17, 15) is 67.8 Å². The number of hydrogen-bond donors (Lipinski definition) is 14. The lowest BCUT2D eigenvalue weighted by atomic mass is 10.1. The van der Waals surface area contributed by atoms with E-state index in [1.54, 1.807) is 0 Å². The molecule has 3 saturated heterocycles. The molecule has 0 radical (unpaired) electrons. The van der Waals surface area contributed by atoms with Crippen LogP contribution in [0.5, 0.6) is 0 Å². The molecule has 0 aromatic carbocycles. The Morgan fingerprint density at radius 1 is 0.693 bits per heavy atom. The predicted molar refractivity (Wildman–Crippen MR) is 242 cm³/mol. The fourth-order valence-corrected chi connectivity index (χ4v) is 12.1. The van der Waals surface area contributed by atoms with Crippen molar-refractivity contribution in [2.75, 3.05) is 51.2 Å². The molecule has 17 N–H and O–H groups in total. The summed E-state index contributed by atoms with van der Waals surface area (Å²) in [6.07, 6.45) is -14.6. The number of aromatic nitrogens is 10. The Bertz CT molecular complexity index is 3270. The highest BCUT2D eigenvalue weighted by molar-refractivity contribution is 7.66. The minimum atomic E-state index is -6.18. The third-order valence-electron chi connectivity index (χ3n) is 11.1. The van der Waals surface area contributed by atoms with Gasteiger partial charge in [0.25, 0.3) is 11.1 Å².